The van der Waals surface area contributed by atoms with Gasteiger partial charge in [0.25, 0.3) is 0 Å². The zero-order valence-electron chi connectivity index (χ0n) is 21.6. The minimum atomic E-state index is -2.02. The van der Waals surface area contributed by atoms with E-state index >= 15 is 0 Å². The van der Waals surface area contributed by atoms with Crippen LogP contribution in [0.4, 0.5) is 0 Å². The van der Waals surface area contributed by atoms with E-state index in [0.29, 0.717) is 44.6 Å². The number of ether oxygens (including phenoxy) is 1. The Morgan fingerprint density at radius 2 is 1.47 bits per heavy atom. The van der Waals surface area contributed by atoms with Crippen LogP contribution in [0.2, 0.25) is 0 Å². The highest BCUT2D eigenvalue weighted by molar-refractivity contribution is 5.37. The van der Waals surface area contributed by atoms with Gasteiger partial charge in [0.05, 0.1) is 11.7 Å². The molecule has 3 heterocycles. The van der Waals surface area contributed by atoms with E-state index in [-0.39, 0.29) is 31.3 Å². The maximum Gasteiger partial charge on any atom is 0.196 e. The summed E-state index contributed by atoms with van der Waals surface area (Å²) in [6, 6.07) is -0.360. The third kappa shape index (κ3) is 2.27. The number of hydrogen-bond donors (Lipinski definition) is 7. The molecule has 0 aromatic rings. The highest BCUT2D eigenvalue weighted by Gasteiger charge is 2.88. The summed E-state index contributed by atoms with van der Waals surface area (Å²) in [4.78, 5) is 2.12. The zero-order chi connectivity index (χ0) is 25.9. The third-order valence-corrected chi connectivity index (χ3v) is 13.1. The highest BCUT2D eigenvalue weighted by Crippen LogP contribution is 2.78. The van der Waals surface area contributed by atoms with Crippen LogP contribution in [0.5, 0.6) is 0 Å². The van der Waals surface area contributed by atoms with E-state index in [1.807, 2.05) is 6.92 Å². The molecule has 4 bridgehead atoms. The molecule has 0 radical (unpaired) electrons. The molecule has 0 amide bonds. The molecule has 4 aliphatic carbocycles. The Morgan fingerprint density at radius 1 is 0.778 bits per heavy atom. The maximum absolute atomic E-state index is 12.7. The molecule has 3 saturated heterocycles. The second-order valence-corrected chi connectivity index (χ2v) is 14.3. The van der Waals surface area contributed by atoms with Crippen molar-refractivity contribution < 1.29 is 40.5 Å². The summed E-state index contributed by atoms with van der Waals surface area (Å²) < 4.78 is 6.52. The van der Waals surface area contributed by atoms with Crippen LogP contribution in [0.15, 0.2) is 0 Å². The first kappa shape index (κ1) is 24.7. The molecule has 9 heteroatoms. The molecule has 14 atom stereocenters. The van der Waals surface area contributed by atoms with Crippen LogP contribution in [0.1, 0.15) is 72.1 Å². The van der Waals surface area contributed by atoms with Crippen LogP contribution in [-0.2, 0) is 4.74 Å². The molecule has 1 spiro atoms. The number of fused-ring (bicyclic) bond motifs is 5. The van der Waals surface area contributed by atoms with Crippen LogP contribution in [0.3, 0.4) is 0 Å². The fraction of sp³-hybridized carbons (Fsp3) is 1.00. The van der Waals surface area contributed by atoms with Crippen molar-refractivity contribution >= 4 is 0 Å². The van der Waals surface area contributed by atoms with E-state index < -0.39 is 63.3 Å². The summed E-state index contributed by atoms with van der Waals surface area (Å²) in [5.74, 6) is -3.30. The average Bonchev–Trinajstić information content (AvgIpc) is 2.97. The van der Waals surface area contributed by atoms with Crippen LogP contribution in [-0.4, -0.2) is 106 Å². The van der Waals surface area contributed by atoms with Crippen molar-refractivity contribution in [3.05, 3.63) is 0 Å². The van der Waals surface area contributed by atoms with Crippen molar-refractivity contribution in [1.82, 2.24) is 4.90 Å². The lowest BCUT2D eigenvalue weighted by molar-refractivity contribution is -0.354. The summed E-state index contributed by atoms with van der Waals surface area (Å²) >= 11 is 0. The Hall–Kier alpha value is -0.360. The van der Waals surface area contributed by atoms with Gasteiger partial charge in [-0.05, 0) is 51.4 Å². The lowest BCUT2D eigenvalue weighted by Crippen LogP contribution is -2.85. The van der Waals surface area contributed by atoms with E-state index in [4.69, 9.17) is 4.74 Å². The second kappa shape index (κ2) is 6.67. The van der Waals surface area contributed by atoms with E-state index in [0.717, 1.165) is 6.42 Å². The lowest BCUT2D eigenvalue weighted by Gasteiger charge is -2.68. The molecule has 0 aromatic heterocycles. The van der Waals surface area contributed by atoms with Gasteiger partial charge in [0, 0.05) is 55.1 Å². The summed E-state index contributed by atoms with van der Waals surface area (Å²) in [5.41, 5.74) is -9.07. The smallest absolute Gasteiger partial charge is 0.196 e. The Morgan fingerprint density at radius 3 is 2.19 bits per heavy atom. The van der Waals surface area contributed by atoms with Crippen molar-refractivity contribution in [1.29, 1.82) is 0 Å². The van der Waals surface area contributed by atoms with Crippen LogP contribution in [0.25, 0.3) is 0 Å². The van der Waals surface area contributed by atoms with Crippen molar-refractivity contribution in [2.24, 2.45) is 29.1 Å². The van der Waals surface area contributed by atoms with Gasteiger partial charge in [-0.1, -0.05) is 13.8 Å². The Balaban J connectivity index is 1.39. The van der Waals surface area contributed by atoms with Gasteiger partial charge in [0.2, 0.25) is 0 Å². The molecule has 204 valence electrons. The van der Waals surface area contributed by atoms with Gasteiger partial charge < -0.3 is 40.5 Å². The summed E-state index contributed by atoms with van der Waals surface area (Å²) in [6.07, 6.45) is 0.752. The molecule has 7 N–H and O–H groups in total. The molecular formula is C27H43NO8. The molecule has 3 aliphatic heterocycles. The number of piperidine rings is 2. The van der Waals surface area contributed by atoms with E-state index in [9.17, 15) is 35.7 Å². The number of hydrogen-bond acceptors (Lipinski definition) is 9. The monoisotopic (exact) mass is 509 g/mol. The van der Waals surface area contributed by atoms with Crippen LogP contribution < -0.4 is 0 Å². The summed E-state index contributed by atoms with van der Waals surface area (Å²) in [6.45, 7) is 6.70. The Kier molecular flexibility index (Phi) is 4.57. The van der Waals surface area contributed by atoms with E-state index in [1.54, 1.807) is 6.92 Å². The normalized spacial score (nSPS) is 68.0. The van der Waals surface area contributed by atoms with Gasteiger partial charge in [0.15, 0.2) is 5.79 Å². The minimum Gasteiger partial charge on any atom is -0.390 e. The molecule has 7 fully saturated rings. The number of nitrogens with zero attached hydrogens (tertiary/aromatic N) is 1. The third-order valence-electron chi connectivity index (χ3n) is 13.1. The maximum atomic E-state index is 12.7. The molecule has 9 nitrogen and oxygen atoms in total. The number of aliphatic hydroxyl groups excluding tert-OH is 2. The van der Waals surface area contributed by atoms with Crippen molar-refractivity contribution in [3.8, 4) is 0 Å². The molecule has 0 aromatic carbocycles. The van der Waals surface area contributed by atoms with Crippen molar-refractivity contribution in [2.45, 2.75) is 124 Å². The van der Waals surface area contributed by atoms with E-state index in [2.05, 4.69) is 11.8 Å². The van der Waals surface area contributed by atoms with Gasteiger partial charge in [-0.3, -0.25) is 4.90 Å². The van der Waals surface area contributed by atoms with Crippen LogP contribution in [0, 0.1) is 29.1 Å². The first-order valence-electron chi connectivity index (χ1n) is 14.0. The fourth-order valence-electron chi connectivity index (χ4n) is 11.3. The number of rotatable bonds is 0. The Labute approximate surface area is 212 Å². The molecule has 36 heavy (non-hydrogen) atoms. The molecule has 7 rings (SSSR count). The summed E-state index contributed by atoms with van der Waals surface area (Å²) in [5, 5.41) is 83.2. The molecule has 4 saturated carbocycles. The van der Waals surface area contributed by atoms with Crippen molar-refractivity contribution in [3.63, 3.8) is 0 Å². The first-order valence-corrected chi connectivity index (χ1v) is 14.0. The molecular weight excluding hydrogens is 466 g/mol. The van der Waals surface area contributed by atoms with Gasteiger partial charge in [-0.2, -0.15) is 0 Å². The van der Waals surface area contributed by atoms with Gasteiger partial charge in [-0.15, -0.1) is 0 Å². The quantitative estimate of drug-likeness (QED) is 0.228. The predicted molar refractivity (Wildman–Crippen MR) is 126 cm³/mol. The van der Waals surface area contributed by atoms with Crippen molar-refractivity contribution in [2.75, 3.05) is 13.1 Å². The second-order valence-electron chi connectivity index (χ2n) is 14.3. The topological polar surface area (TPSA) is 154 Å². The average molecular weight is 510 g/mol. The van der Waals surface area contributed by atoms with Gasteiger partial charge in [-0.25, -0.2) is 0 Å². The highest BCUT2D eigenvalue weighted by atomic mass is 16.7. The Bertz CT molecular complexity index is 995. The zero-order valence-corrected chi connectivity index (χ0v) is 21.6. The first-order chi connectivity index (χ1) is 16.6. The predicted octanol–water partition coefficient (Wildman–Crippen LogP) is -0.526. The fourth-order valence-corrected chi connectivity index (χ4v) is 11.3. The lowest BCUT2D eigenvalue weighted by atomic mass is 9.49. The molecule has 0 unspecified atom stereocenters. The number of aliphatic hydroxyl groups is 7. The van der Waals surface area contributed by atoms with Crippen LogP contribution >= 0.6 is 0 Å². The molecule has 7 aliphatic rings. The van der Waals surface area contributed by atoms with Gasteiger partial charge in [0.1, 0.15) is 28.5 Å². The summed E-state index contributed by atoms with van der Waals surface area (Å²) in [7, 11) is 0. The SMILES string of the molecule is C[C@@H]1CC[C@@H]2N(C1)C[C@H]1[C@](O)([C@@H](O)C[C@@]3(O)[C@H]4CC[C@H]5[C@@]6(O)O[C@]4(C[C@@]13O)[C@@]5(C)CC[C@H]6O)[C@@]2(C)O. The minimum absolute atomic E-state index is 0.0208. The van der Waals surface area contributed by atoms with E-state index in [1.165, 1.54) is 0 Å². The standard InChI is InChI=1S/C27H43NO8/c1-14-4-7-18-22(3,31)26(34)17(12-28(18)11-14)24(33)13-25-16(23(24,32)10-20(26)30)6-5-15-21(25,2)9-8-19(29)27(15,35)36-25/h14-20,29-35H,4-13H2,1-3H3/t14-,15-,16-,17-,18+,19-,20+,21+,22+,23-,24-,25+,26+,27-/m1/s1. The largest absolute Gasteiger partial charge is 0.390 e. The van der Waals surface area contributed by atoms with Gasteiger partial charge >= 0.3 is 0 Å².